The molecular formula is C16H28CaN2O2+2. The molecule has 2 saturated carbocycles. The summed E-state index contributed by atoms with van der Waals surface area (Å²) >= 11 is 0. The van der Waals surface area contributed by atoms with Crippen molar-refractivity contribution in [3.05, 3.63) is 0 Å². The number of rotatable bonds is 5. The van der Waals surface area contributed by atoms with Crippen molar-refractivity contribution in [3.63, 3.8) is 0 Å². The van der Waals surface area contributed by atoms with Crippen molar-refractivity contribution < 1.29 is 20.2 Å². The Morgan fingerprint density at radius 3 is 1.48 bits per heavy atom. The first-order chi connectivity index (χ1) is 9.77. The molecule has 0 aromatic carbocycles. The van der Waals surface area contributed by atoms with Crippen molar-refractivity contribution in [1.29, 1.82) is 0 Å². The molecule has 2 aliphatic rings. The van der Waals surface area contributed by atoms with Gasteiger partial charge in [0, 0.05) is 11.8 Å². The third-order valence-corrected chi connectivity index (χ3v) is 4.58. The Morgan fingerprint density at radius 1 is 0.714 bits per heavy atom. The third-order valence-electron chi connectivity index (χ3n) is 4.58. The molecule has 21 heavy (non-hydrogen) atoms. The summed E-state index contributed by atoms with van der Waals surface area (Å²) in [5.74, 6) is 0.384. The molecule has 0 saturated heterocycles. The van der Waals surface area contributed by atoms with Crippen LogP contribution in [0.25, 0.3) is 0 Å². The van der Waals surface area contributed by atoms with E-state index in [1.165, 1.54) is 12.8 Å². The summed E-state index contributed by atoms with van der Waals surface area (Å²) in [5.41, 5.74) is 0. The Labute approximate surface area is 158 Å². The standard InChI is InChI=1S/C16H26N2O2.Ca/c19-15-7-3-1-5-13(15)11-17-9-10-18-12-14-6-2-4-8-16(14)20;/h11-16H,1-10H2;/q-2;+2/p+2. The zero-order valence-electron chi connectivity index (χ0n) is 13.1. The second-order valence-corrected chi connectivity index (χ2v) is 6.22. The Kier molecular flexibility index (Phi) is 10.4. The zero-order valence-corrected chi connectivity index (χ0v) is 15.3. The van der Waals surface area contributed by atoms with Crippen LogP contribution in [-0.2, 0) is 0 Å². The smallest absolute Gasteiger partial charge is 0.851 e. The summed E-state index contributed by atoms with van der Waals surface area (Å²) in [7, 11) is 0. The largest absolute Gasteiger partial charge is 2.00 e. The molecule has 2 N–H and O–H groups in total. The molecule has 0 aromatic heterocycles. The molecule has 0 bridgehead atoms. The van der Waals surface area contributed by atoms with Crippen LogP contribution in [-0.4, -0.2) is 75.5 Å². The predicted octanol–water partition coefficient (Wildman–Crippen LogP) is -3.25. The van der Waals surface area contributed by atoms with Crippen molar-refractivity contribution in [1.82, 2.24) is 0 Å². The molecule has 0 aromatic rings. The molecule has 0 amide bonds. The second-order valence-electron chi connectivity index (χ2n) is 6.22. The predicted molar refractivity (Wildman–Crippen MR) is 81.0 cm³/mol. The van der Waals surface area contributed by atoms with Gasteiger partial charge in [0.1, 0.15) is 12.4 Å². The van der Waals surface area contributed by atoms with Gasteiger partial charge in [-0.1, -0.05) is 38.5 Å². The van der Waals surface area contributed by atoms with E-state index in [9.17, 15) is 10.2 Å². The normalized spacial score (nSPS) is 34.2. The molecule has 2 rings (SSSR count). The van der Waals surface area contributed by atoms with Gasteiger partial charge in [0.15, 0.2) is 13.1 Å². The van der Waals surface area contributed by atoms with E-state index in [0.29, 0.717) is 0 Å². The first kappa shape index (κ1) is 19.6. The molecule has 2 aliphatic carbocycles. The molecule has 4 atom stereocenters. The summed E-state index contributed by atoms with van der Waals surface area (Å²) in [6, 6.07) is 0. The van der Waals surface area contributed by atoms with Crippen molar-refractivity contribution in [2.45, 2.75) is 63.6 Å². The number of hydrogen-bond acceptors (Lipinski definition) is 2. The van der Waals surface area contributed by atoms with E-state index < -0.39 is 12.2 Å². The number of nitrogens with one attached hydrogen (secondary N) is 2. The summed E-state index contributed by atoms with van der Waals surface area (Å²) in [5, 5.41) is 23.4. The molecule has 2 fully saturated rings. The third kappa shape index (κ3) is 7.08. The first-order valence-electron chi connectivity index (χ1n) is 8.22. The van der Waals surface area contributed by atoms with E-state index >= 15 is 0 Å². The minimum atomic E-state index is -0.417. The second kappa shape index (κ2) is 11.1. The van der Waals surface area contributed by atoms with Crippen LogP contribution in [0.4, 0.5) is 0 Å². The molecule has 4 unspecified atom stereocenters. The molecule has 5 heteroatoms. The fourth-order valence-corrected chi connectivity index (χ4v) is 3.25. The summed E-state index contributed by atoms with van der Waals surface area (Å²) in [6.45, 7) is 1.63. The number of hydrogen-bond donors (Lipinski definition) is 2. The van der Waals surface area contributed by atoms with E-state index in [2.05, 4.69) is 9.98 Å². The van der Waals surface area contributed by atoms with Crippen LogP contribution in [0, 0.1) is 11.8 Å². The Hall–Kier alpha value is 0.520. The van der Waals surface area contributed by atoms with Crippen molar-refractivity contribution in [3.8, 4) is 0 Å². The van der Waals surface area contributed by atoms with Crippen LogP contribution in [0.1, 0.15) is 51.4 Å². The SMILES string of the molecule is [Ca+2].[O-]C1CCCCC1C=[NH+]CC[NH+]=CC1CCCCC1[O-]. The Balaban J connectivity index is 0.00000220. The maximum atomic E-state index is 11.7. The van der Waals surface area contributed by atoms with Gasteiger partial charge in [-0.05, 0) is 12.8 Å². The average molecular weight is 320 g/mol. The average Bonchev–Trinajstić information content (AvgIpc) is 2.46. The minimum absolute atomic E-state index is 0. The van der Waals surface area contributed by atoms with Crippen LogP contribution >= 0.6 is 0 Å². The molecule has 0 aliphatic heterocycles. The monoisotopic (exact) mass is 320 g/mol. The summed E-state index contributed by atoms with van der Waals surface area (Å²) in [4.78, 5) is 6.50. The van der Waals surface area contributed by atoms with Gasteiger partial charge in [-0.3, -0.25) is 0 Å². The molecule has 0 spiro atoms. The first-order valence-corrected chi connectivity index (χ1v) is 8.22. The fourth-order valence-electron chi connectivity index (χ4n) is 3.25. The van der Waals surface area contributed by atoms with Gasteiger partial charge in [0.2, 0.25) is 0 Å². The van der Waals surface area contributed by atoms with Gasteiger partial charge >= 0.3 is 37.7 Å². The molecule has 4 nitrogen and oxygen atoms in total. The quantitative estimate of drug-likeness (QED) is 0.317. The van der Waals surface area contributed by atoms with E-state index in [1.807, 2.05) is 12.4 Å². The molecule has 0 radical (unpaired) electrons. The Bertz CT molecular complexity index is 304. The van der Waals surface area contributed by atoms with E-state index in [4.69, 9.17) is 0 Å². The summed E-state index contributed by atoms with van der Waals surface area (Å²) in [6.07, 6.45) is 11.4. The van der Waals surface area contributed by atoms with Gasteiger partial charge in [0.25, 0.3) is 0 Å². The van der Waals surface area contributed by atoms with E-state index in [0.717, 1.165) is 51.6 Å². The van der Waals surface area contributed by atoms with Gasteiger partial charge in [-0.2, -0.15) is 0 Å². The van der Waals surface area contributed by atoms with Gasteiger partial charge < -0.3 is 10.2 Å². The molecule has 0 heterocycles. The van der Waals surface area contributed by atoms with Crippen LogP contribution < -0.4 is 20.2 Å². The van der Waals surface area contributed by atoms with Crippen molar-refractivity contribution in [2.24, 2.45) is 11.8 Å². The van der Waals surface area contributed by atoms with E-state index in [-0.39, 0.29) is 49.6 Å². The van der Waals surface area contributed by atoms with Crippen LogP contribution in [0.15, 0.2) is 0 Å². The van der Waals surface area contributed by atoms with E-state index in [1.54, 1.807) is 0 Å². The van der Waals surface area contributed by atoms with Gasteiger partial charge in [-0.15, -0.1) is 12.2 Å². The Morgan fingerprint density at radius 2 is 1.10 bits per heavy atom. The summed E-state index contributed by atoms with van der Waals surface area (Å²) < 4.78 is 0. The maximum Gasteiger partial charge on any atom is 2.00 e. The topological polar surface area (TPSA) is 74.1 Å². The van der Waals surface area contributed by atoms with Crippen LogP contribution in [0.5, 0.6) is 0 Å². The van der Waals surface area contributed by atoms with Crippen LogP contribution in [0.3, 0.4) is 0 Å². The maximum absolute atomic E-state index is 11.7. The van der Waals surface area contributed by atoms with Crippen molar-refractivity contribution >= 4 is 50.2 Å². The minimum Gasteiger partial charge on any atom is -0.851 e. The molecular weight excluding hydrogens is 292 g/mol. The molecule has 114 valence electrons. The van der Waals surface area contributed by atoms with Gasteiger partial charge in [0.05, 0.1) is 0 Å². The van der Waals surface area contributed by atoms with Crippen LogP contribution in [0.2, 0.25) is 0 Å². The zero-order chi connectivity index (χ0) is 14.2. The van der Waals surface area contributed by atoms with Crippen molar-refractivity contribution in [2.75, 3.05) is 13.1 Å². The van der Waals surface area contributed by atoms with Gasteiger partial charge in [-0.25, -0.2) is 9.98 Å². The fraction of sp³-hybridized carbons (Fsp3) is 0.875.